The number of aryl methyl sites for hydroxylation is 1. The van der Waals surface area contributed by atoms with Crippen molar-refractivity contribution in [3.8, 4) is 0 Å². The number of carbonyl (C=O) groups excluding carboxylic acids is 2. The van der Waals surface area contributed by atoms with E-state index in [2.05, 4.69) is 0 Å². The molecule has 4 nitrogen and oxygen atoms in total. The number of hydrogen-bond acceptors (Lipinski definition) is 4. The lowest BCUT2D eigenvalue weighted by Gasteiger charge is -2.37. The molecule has 32 heavy (non-hydrogen) atoms. The van der Waals surface area contributed by atoms with Gasteiger partial charge in [0.05, 0.1) is 11.4 Å². The zero-order valence-corrected chi connectivity index (χ0v) is 18.8. The van der Waals surface area contributed by atoms with E-state index in [1.807, 2.05) is 91.9 Å². The number of carbonyl (C=O) groups is 2. The Balaban J connectivity index is 1.72. The molecule has 3 aromatic carbocycles. The Labute approximate surface area is 195 Å². The molecule has 0 bridgehead atoms. The summed E-state index contributed by atoms with van der Waals surface area (Å²) >= 11 is 7.27. The molecule has 156 valence electrons. The summed E-state index contributed by atoms with van der Waals surface area (Å²) in [7, 11) is 0. The molecule has 0 unspecified atom stereocenters. The fourth-order valence-electron chi connectivity index (χ4n) is 3.82. The molecule has 0 atom stereocenters. The molecule has 2 heterocycles. The maximum absolute atomic E-state index is 13.7. The second kappa shape index (κ2) is 8.15. The molecule has 0 spiro atoms. The largest absolute Gasteiger partial charge is 0.270 e. The lowest BCUT2D eigenvalue weighted by atomic mass is 10.0. The van der Waals surface area contributed by atoms with Crippen molar-refractivity contribution in [2.24, 2.45) is 0 Å². The number of benzene rings is 3. The summed E-state index contributed by atoms with van der Waals surface area (Å²) < 4.78 is 0. The Kier molecular flexibility index (Phi) is 5.17. The summed E-state index contributed by atoms with van der Waals surface area (Å²) in [5, 5.41) is 2.02. The highest BCUT2D eigenvalue weighted by Crippen LogP contribution is 2.34. The Morgan fingerprint density at radius 2 is 1.47 bits per heavy atom. The minimum atomic E-state index is -0.422. The van der Waals surface area contributed by atoms with Gasteiger partial charge in [-0.2, -0.15) is 0 Å². The van der Waals surface area contributed by atoms with Gasteiger partial charge in [-0.15, -0.1) is 11.3 Å². The average Bonchev–Trinajstić information content (AvgIpc) is 3.22. The van der Waals surface area contributed by atoms with Gasteiger partial charge in [-0.3, -0.25) is 19.4 Å². The molecule has 0 radical (unpaired) electrons. The molecule has 0 saturated carbocycles. The highest BCUT2D eigenvalue weighted by molar-refractivity contribution is 7.81. The molecule has 5 rings (SSSR count). The van der Waals surface area contributed by atoms with E-state index in [0.29, 0.717) is 11.4 Å². The van der Waals surface area contributed by atoms with E-state index in [0.717, 1.165) is 20.5 Å². The van der Waals surface area contributed by atoms with Gasteiger partial charge in [-0.05, 0) is 60.9 Å². The van der Waals surface area contributed by atoms with Gasteiger partial charge in [-0.1, -0.05) is 54.6 Å². The molecule has 0 N–H and O–H groups in total. The first kappa shape index (κ1) is 20.3. The third kappa shape index (κ3) is 3.43. The Morgan fingerprint density at radius 1 is 0.781 bits per heavy atom. The van der Waals surface area contributed by atoms with E-state index in [1.165, 1.54) is 21.1 Å². The quantitative estimate of drug-likeness (QED) is 0.218. The zero-order chi connectivity index (χ0) is 22.2. The molecule has 1 aliphatic rings. The minimum Gasteiger partial charge on any atom is -0.268 e. The van der Waals surface area contributed by atoms with Crippen LogP contribution in [-0.4, -0.2) is 16.9 Å². The average molecular weight is 455 g/mol. The van der Waals surface area contributed by atoms with Gasteiger partial charge in [0.1, 0.15) is 5.57 Å². The normalized spacial score (nSPS) is 15.8. The van der Waals surface area contributed by atoms with Crippen LogP contribution in [0, 0.1) is 6.92 Å². The summed E-state index contributed by atoms with van der Waals surface area (Å²) in [6, 6.07) is 26.6. The summed E-state index contributed by atoms with van der Waals surface area (Å²) in [5.41, 5.74) is 1.35. The van der Waals surface area contributed by atoms with Gasteiger partial charge in [-0.25, -0.2) is 0 Å². The van der Waals surface area contributed by atoms with Gasteiger partial charge in [0.25, 0.3) is 11.8 Å². The molecular formula is C26H18N2O2S2. The van der Waals surface area contributed by atoms with Crippen molar-refractivity contribution in [3.05, 3.63) is 100 Å². The summed E-state index contributed by atoms with van der Waals surface area (Å²) in [5.74, 6) is -0.844. The summed E-state index contributed by atoms with van der Waals surface area (Å²) in [4.78, 5) is 32.1. The van der Waals surface area contributed by atoms with Crippen molar-refractivity contribution in [1.82, 2.24) is 0 Å². The standard InChI is InChI=1S/C26H18N2O2S2/c1-17-14-15-20(32-17)16-22-24(29)27(19-10-3-2-4-11-19)26(31)28(25(22)30)23-13-7-9-18-8-5-6-12-21(18)23/h2-16H,1H3/b22-16+. The van der Waals surface area contributed by atoms with E-state index in [9.17, 15) is 9.59 Å². The molecule has 6 heteroatoms. The maximum Gasteiger partial charge on any atom is 0.270 e. The van der Waals surface area contributed by atoms with Crippen molar-refractivity contribution < 1.29 is 9.59 Å². The van der Waals surface area contributed by atoms with Crippen LogP contribution >= 0.6 is 23.6 Å². The van der Waals surface area contributed by atoms with Crippen molar-refractivity contribution in [3.63, 3.8) is 0 Å². The second-order valence-corrected chi connectivity index (χ2v) is 9.09. The number of hydrogen-bond donors (Lipinski definition) is 0. The first-order valence-corrected chi connectivity index (χ1v) is 11.3. The highest BCUT2D eigenvalue weighted by Gasteiger charge is 2.41. The molecule has 2 amide bonds. The Morgan fingerprint density at radius 3 is 2.22 bits per heavy atom. The van der Waals surface area contributed by atoms with E-state index in [-0.39, 0.29) is 10.7 Å². The Hall–Kier alpha value is -3.61. The van der Waals surface area contributed by atoms with Crippen molar-refractivity contribution in [2.75, 3.05) is 9.80 Å². The highest BCUT2D eigenvalue weighted by atomic mass is 32.1. The van der Waals surface area contributed by atoms with Crippen LogP contribution in [-0.2, 0) is 9.59 Å². The predicted octanol–water partition coefficient (Wildman–Crippen LogP) is 5.96. The topological polar surface area (TPSA) is 40.6 Å². The number of rotatable bonds is 3. The molecule has 0 aliphatic carbocycles. The summed E-state index contributed by atoms with van der Waals surface area (Å²) in [6.07, 6.45) is 1.66. The number of fused-ring (bicyclic) bond motifs is 1. The van der Waals surface area contributed by atoms with Crippen LogP contribution in [0.15, 0.2) is 90.5 Å². The summed E-state index contributed by atoms with van der Waals surface area (Å²) in [6.45, 7) is 1.99. The van der Waals surface area contributed by atoms with E-state index in [1.54, 1.807) is 6.08 Å². The molecule has 4 aromatic rings. The van der Waals surface area contributed by atoms with Gasteiger partial charge in [0, 0.05) is 15.1 Å². The van der Waals surface area contributed by atoms with Crippen LogP contribution in [0.1, 0.15) is 9.75 Å². The number of nitrogens with zero attached hydrogens (tertiary/aromatic N) is 2. The maximum atomic E-state index is 13.7. The van der Waals surface area contributed by atoms with Crippen molar-refractivity contribution in [1.29, 1.82) is 0 Å². The van der Waals surface area contributed by atoms with Gasteiger partial charge in [0.2, 0.25) is 0 Å². The van der Waals surface area contributed by atoms with Crippen LogP contribution < -0.4 is 9.80 Å². The number of thiocarbonyl (C=S) groups is 1. The van der Waals surface area contributed by atoms with Gasteiger partial charge in [0.15, 0.2) is 5.11 Å². The minimum absolute atomic E-state index is 0.0808. The SMILES string of the molecule is Cc1ccc(/C=C2\C(=O)N(c3ccccc3)C(=S)N(c3cccc4ccccc34)C2=O)s1. The van der Waals surface area contributed by atoms with E-state index < -0.39 is 11.8 Å². The second-order valence-electron chi connectivity index (χ2n) is 7.40. The van der Waals surface area contributed by atoms with Crippen LogP contribution in [0.5, 0.6) is 0 Å². The molecule has 1 fully saturated rings. The number of thiophene rings is 1. The van der Waals surface area contributed by atoms with E-state index in [4.69, 9.17) is 12.2 Å². The molecule has 1 saturated heterocycles. The van der Waals surface area contributed by atoms with Crippen LogP contribution in [0.2, 0.25) is 0 Å². The first-order chi connectivity index (χ1) is 15.5. The van der Waals surface area contributed by atoms with Crippen LogP contribution in [0.3, 0.4) is 0 Å². The van der Waals surface area contributed by atoms with Crippen LogP contribution in [0.4, 0.5) is 11.4 Å². The fraction of sp³-hybridized carbons (Fsp3) is 0.0385. The monoisotopic (exact) mass is 454 g/mol. The first-order valence-electron chi connectivity index (χ1n) is 10.1. The fourth-order valence-corrected chi connectivity index (χ4v) is 5.01. The van der Waals surface area contributed by atoms with Gasteiger partial charge < -0.3 is 0 Å². The third-order valence-corrected chi connectivity index (χ3v) is 6.63. The number of para-hydroxylation sites is 1. The zero-order valence-electron chi connectivity index (χ0n) is 17.2. The molecule has 1 aromatic heterocycles. The smallest absolute Gasteiger partial charge is 0.268 e. The third-order valence-electron chi connectivity index (χ3n) is 5.32. The van der Waals surface area contributed by atoms with Crippen molar-refractivity contribution in [2.45, 2.75) is 6.92 Å². The van der Waals surface area contributed by atoms with Crippen molar-refractivity contribution >= 4 is 68.7 Å². The Bertz CT molecular complexity index is 1400. The number of amides is 2. The molecular weight excluding hydrogens is 436 g/mol. The lowest BCUT2D eigenvalue weighted by molar-refractivity contribution is -0.120. The van der Waals surface area contributed by atoms with Gasteiger partial charge >= 0.3 is 0 Å². The predicted molar refractivity (Wildman–Crippen MR) is 135 cm³/mol. The lowest BCUT2D eigenvalue weighted by Crippen LogP contribution is -2.57. The molecule has 1 aliphatic heterocycles. The van der Waals surface area contributed by atoms with Crippen LogP contribution in [0.25, 0.3) is 16.8 Å². The number of anilines is 2. The van der Waals surface area contributed by atoms with E-state index >= 15 is 0 Å².